The predicted molar refractivity (Wildman–Crippen MR) is 75.6 cm³/mol. The zero-order chi connectivity index (χ0) is 14.5. The van der Waals surface area contributed by atoms with Crippen LogP contribution in [0.15, 0.2) is 5.38 Å². The van der Waals surface area contributed by atoms with Gasteiger partial charge in [-0.1, -0.05) is 0 Å². The molecule has 0 aliphatic rings. The van der Waals surface area contributed by atoms with Gasteiger partial charge in [0.15, 0.2) is 0 Å². The first-order chi connectivity index (χ1) is 8.78. The van der Waals surface area contributed by atoms with E-state index >= 15 is 0 Å². The lowest BCUT2D eigenvalue weighted by molar-refractivity contribution is -0.122. The lowest BCUT2D eigenvalue weighted by atomic mass is 10.3. The van der Waals surface area contributed by atoms with Crippen molar-refractivity contribution in [3.63, 3.8) is 0 Å². The number of sulfonamides is 1. The number of thiazole rings is 1. The molecule has 1 heterocycles. The van der Waals surface area contributed by atoms with Crippen molar-refractivity contribution in [2.24, 2.45) is 0 Å². The number of hydrogen-bond donors (Lipinski definition) is 2. The number of hydrogen-bond acceptors (Lipinski definition) is 5. The maximum atomic E-state index is 11.6. The van der Waals surface area contributed by atoms with E-state index < -0.39 is 16.1 Å². The minimum Gasteiger partial charge on any atom is -0.355 e. The second-order valence-electron chi connectivity index (χ2n) is 4.39. The van der Waals surface area contributed by atoms with Crippen molar-refractivity contribution >= 4 is 27.3 Å². The topological polar surface area (TPSA) is 88.2 Å². The summed E-state index contributed by atoms with van der Waals surface area (Å²) in [6.07, 6.45) is 2.62. The number of nitrogens with zero attached hydrogens (tertiary/aromatic N) is 1. The van der Waals surface area contributed by atoms with E-state index in [4.69, 9.17) is 0 Å². The summed E-state index contributed by atoms with van der Waals surface area (Å²) in [6, 6.07) is -0.753. The number of aromatic nitrogens is 1. The molecule has 108 valence electrons. The van der Waals surface area contributed by atoms with Crippen LogP contribution in [-0.2, 0) is 21.2 Å². The van der Waals surface area contributed by atoms with Crippen LogP contribution in [0, 0.1) is 6.92 Å². The maximum Gasteiger partial charge on any atom is 0.237 e. The van der Waals surface area contributed by atoms with Gasteiger partial charge in [0.25, 0.3) is 0 Å². The molecule has 0 radical (unpaired) electrons. The molecule has 0 aliphatic carbocycles. The van der Waals surface area contributed by atoms with Gasteiger partial charge in [-0.25, -0.2) is 18.1 Å². The molecule has 6 nitrogen and oxygen atoms in total. The highest BCUT2D eigenvalue weighted by Gasteiger charge is 2.16. The molecule has 0 fully saturated rings. The zero-order valence-corrected chi connectivity index (χ0v) is 12.9. The van der Waals surface area contributed by atoms with Crippen LogP contribution in [0.2, 0.25) is 0 Å². The highest BCUT2D eigenvalue weighted by atomic mass is 32.2. The summed E-state index contributed by atoms with van der Waals surface area (Å²) in [4.78, 5) is 15.9. The number of carbonyl (C=O) groups is 1. The van der Waals surface area contributed by atoms with Gasteiger partial charge in [0.1, 0.15) is 0 Å². The third-order valence-corrected chi connectivity index (χ3v) is 4.13. The van der Waals surface area contributed by atoms with Gasteiger partial charge in [-0.15, -0.1) is 11.3 Å². The predicted octanol–water partition coefficient (Wildman–Crippen LogP) is 0.438. The fourth-order valence-corrected chi connectivity index (χ4v) is 3.06. The lowest BCUT2D eigenvalue weighted by Crippen LogP contribution is -2.44. The maximum absolute atomic E-state index is 11.6. The minimum absolute atomic E-state index is 0.319. The average molecular weight is 305 g/mol. The van der Waals surface area contributed by atoms with Crippen molar-refractivity contribution in [3.8, 4) is 0 Å². The van der Waals surface area contributed by atoms with Gasteiger partial charge in [-0.3, -0.25) is 4.79 Å². The molecule has 1 unspecified atom stereocenters. The van der Waals surface area contributed by atoms with Crippen LogP contribution >= 0.6 is 11.3 Å². The Morgan fingerprint density at radius 2 is 2.21 bits per heavy atom. The van der Waals surface area contributed by atoms with E-state index in [-0.39, 0.29) is 5.91 Å². The smallest absolute Gasteiger partial charge is 0.237 e. The molecule has 1 rings (SSSR count). The highest BCUT2D eigenvalue weighted by Crippen LogP contribution is 2.10. The Bertz CT molecular complexity index is 525. The summed E-state index contributed by atoms with van der Waals surface area (Å²) in [6.45, 7) is 3.97. The Balaban J connectivity index is 2.23. The molecule has 2 N–H and O–H groups in total. The number of carbonyl (C=O) groups excluding carboxylic acids is 1. The molecule has 0 aliphatic heterocycles. The molecular weight excluding hydrogens is 286 g/mol. The Morgan fingerprint density at radius 3 is 2.74 bits per heavy atom. The summed E-state index contributed by atoms with van der Waals surface area (Å²) >= 11 is 1.61. The average Bonchev–Trinajstić information content (AvgIpc) is 2.68. The second-order valence-corrected chi connectivity index (χ2v) is 7.11. The summed E-state index contributed by atoms with van der Waals surface area (Å²) in [7, 11) is -3.36. The van der Waals surface area contributed by atoms with Crippen molar-refractivity contribution in [1.29, 1.82) is 0 Å². The summed E-state index contributed by atoms with van der Waals surface area (Å²) in [5.41, 5.74) is 1.01. The van der Waals surface area contributed by atoms with Gasteiger partial charge < -0.3 is 5.32 Å². The number of amides is 1. The SMILES string of the molecule is Cc1csc(CCCNC(=O)C(C)NS(C)(=O)=O)n1. The van der Waals surface area contributed by atoms with Crippen molar-refractivity contribution in [3.05, 3.63) is 16.1 Å². The van der Waals surface area contributed by atoms with Crippen molar-refractivity contribution < 1.29 is 13.2 Å². The first kappa shape index (κ1) is 16.1. The Kier molecular flexibility index (Phi) is 5.89. The molecule has 8 heteroatoms. The van der Waals surface area contributed by atoms with Crippen LogP contribution in [0.4, 0.5) is 0 Å². The molecule has 0 bridgehead atoms. The van der Waals surface area contributed by atoms with E-state index in [2.05, 4.69) is 15.0 Å². The third kappa shape index (κ3) is 6.65. The minimum atomic E-state index is -3.36. The van der Waals surface area contributed by atoms with Crippen LogP contribution in [0.25, 0.3) is 0 Å². The molecule has 0 saturated carbocycles. The standard InChI is InChI=1S/C11H19N3O3S2/c1-8-7-18-10(13-8)5-4-6-12-11(15)9(2)14-19(3,16)17/h7,9,14H,4-6H2,1-3H3,(H,12,15). The quantitative estimate of drug-likeness (QED) is 0.715. The lowest BCUT2D eigenvalue weighted by Gasteiger charge is -2.12. The molecule has 1 amide bonds. The van der Waals surface area contributed by atoms with E-state index in [1.807, 2.05) is 12.3 Å². The fourth-order valence-electron chi connectivity index (χ4n) is 1.50. The summed E-state index contributed by atoms with van der Waals surface area (Å²) in [5.74, 6) is -0.319. The van der Waals surface area contributed by atoms with Crippen LogP contribution in [0.1, 0.15) is 24.0 Å². The van der Waals surface area contributed by atoms with Gasteiger partial charge in [-0.05, 0) is 20.3 Å². The van der Waals surface area contributed by atoms with E-state index in [1.54, 1.807) is 11.3 Å². The largest absolute Gasteiger partial charge is 0.355 e. The first-order valence-corrected chi connectivity index (χ1v) is 8.71. The van der Waals surface area contributed by atoms with Crippen LogP contribution < -0.4 is 10.0 Å². The molecule has 0 aromatic carbocycles. The van der Waals surface area contributed by atoms with E-state index in [1.165, 1.54) is 6.92 Å². The van der Waals surface area contributed by atoms with Gasteiger partial charge in [-0.2, -0.15) is 0 Å². The Morgan fingerprint density at radius 1 is 1.53 bits per heavy atom. The fraction of sp³-hybridized carbons (Fsp3) is 0.636. The van der Waals surface area contributed by atoms with Crippen molar-refractivity contribution in [2.45, 2.75) is 32.7 Å². The second kappa shape index (κ2) is 6.97. The van der Waals surface area contributed by atoms with Gasteiger partial charge in [0.05, 0.1) is 17.3 Å². The summed E-state index contributed by atoms with van der Waals surface area (Å²) < 4.78 is 24.2. The molecule has 0 saturated heterocycles. The zero-order valence-electron chi connectivity index (χ0n) is 11.3. The van der Waals surface area contributed by atoms with Gasteiger partial charge >= 0.3 is 0 Å². The molecule has 0 spiro atoms. The van der Waals surface area contributed by atoms with E-state index in [9.17, 15) is 13.2 Å². The molecule has 1 atom stereocenters. The number of rotatable bonds is 7. The Labute approximate surface area is 117 Å². The molecular formula is C11H19N3O3S2. The Hall–Kier alpha value is -0.990. The van der Waals surface area contributed by atoms with Crippen molar-refractivity contribution in [1.82, 2.24) is 15.0 Å². The van der Waals surface area contributed by atoms with Crippen LogP contribution in [-0.4, -0.2) is 38.2 Å². The van der Waals surface area contributed by atoms with Crippen molar-refractivity contribution in [2.75, 3.05) is 12.8 Å². The number of aryl methyl sites for hydroxylation is 2. The van der Waals surface area contributed by atoms with Crippen LogP contribution in [0.3, 0.4) is 0 Å². The normalized spacial score (nSPS) is 13.2. The van der Waals surface area contributed by atoms with E-state index in [0.29, 0.717) is 6.54 Å². The van der Waals surface area contributed by atoms with Gasteiger partial charge in [0, 0.05) is 24.0 Å². The monoisotopic (exact) mass is 305 g/mol. The van der Waals surface area contributed by atoms with Crippen LogP contribution in [0.5, 0.6) is 0 Å². The summed E-state index contributed by atoms with van der Waals surface area (Å²) in [5, 5.41) is 5.74. The molecule has 1 aromatic heterocycles. The molecule has 19 heavy (non-hydrogen) atoms. The molecule has 1 aromatic rings. The third-order valence-electron chi connectivity index (χ3n) is 2.32. The van der Waals surface area contributed by atoms with Gasteiger partial charge in [0.2, 0.25) is 15.9 Å². The van der Waals surface area contributed by atoms with E-state index in [0.717, 1.165) is 29.8 Å². The highest BCUT2D eigenvalue weighted by molar-refractivity contribution is 7.88. The first-order valence-electron chi connectivity index (χ1n) is 5.94. The number of nitrogens with one attached hydrogen (secondary N) is 2.